The Hall–Kier alpha value is -3.53. The maximum atomic E-state index is 12.1. The number of nitrogens with zero attached hydrogens (tertiary/aromatic N) is 2. The molecule has 0 spiro atoms. The van der Waals surface area contributed by atoms with Crippen molar-refractivity contribution in [2.75, 3.05) is 0 Å². The first-order valence-electron chi connectivity index (χ1n) is 9.67. The third-order valence-electron chi connectivity index (χ3n) is 4.92. The van der Waals surface area contributed by atoms with Gasteiger partial charge in [0.15, 0.2) is 5.78 Å². The minimum atomic E-state index is 0.0812. The Kier molecular flexibility index (Phi) is 5.61. The fraction of sp³-hybridized carbons (Fsp3) is 0.160. The fourth-order valence-electron chi connectivity index (χ4n) is 3.35. The van der Waals surface area contributed by atoms with E-state index in [1.807, 2.05) is 73.0 Å². The highest BCUT2D eigenvalue weighted by Gasteiger charge is 2.16. The van der Waals surface area contributed by atoms with Gasteiger partial charge in [0.2, 0.25) is 0 Å². The number of benzene rings is 2. The van der Waals surface area contributed by atoms with Crippen molar-refractivity contribution in [2.45, 2.75) is 20.0 Å². The molecule has 29 heavy (non-hydrogen) atoms. The number of Topliss-reactive ketones (excluding diaryl/α,β-unsaturated/α-hetero) is 1. The molecular formula is C25H22N2O2. The Bertz CT molecular complexity index is 1110. The van der Waals surface area contributed by atoms with Crippen LogP contribution in [0.2, 0.25) is 0 Å². The third-order valence-corrected chi connectivity index (χ3v) is 4.92. The van der Waals surface area contributed by atoms with Gasteiger partial charge in [0.1, 0.15) is 12.4 Å². The number of carbonyl (C=O) groups excluding carboxylic acids is 1. The normalized spacial score (nSPS) is 16.2. The van der Waals surface area contributed by atoms with Gasteiger partial charge in [-0.15, -0.1) is 0 Å². The molecule has 0 amide bonds. The van der Waals surface area contributed by atoms with Crippen molar-refractivity contribution in [3.05, 3.63) is 89.8 Å². The van der Waals surface area contributed by atoms with Crippen LogP contribution in [0, 0.1) is 5.92 Å². The number of carbonyl (C=O) groups is 1. The van der Waals surface area contributed by atoms with E-state index in [1.54, 1.807) is 13.1 Å². The van der Waals surface area contributed by atoms with Gasteiger partial charge in [-0.05, 0) is 49.2 Å². The Morgan fingerprint density at radius 2 is 1.93 bits per heavy atom. The molecule has 0 N–H and O–H groups in total. The number of allylic oxidation sites excluding steroid dienone is 2. The molecule has 144 valence electrons. The van der Waals surface area contributed by atoms with Crippen LogP contribution in [-0.2, 0) is 11.4 Å². The van der Waals surface area contributed by atoms with Crippen LogP contribution in [0.4, 0.5) is 0 Å². The monoisotopic (exact) mass is 382 g/mol. The fourth-order valence-corrected chi connectivity index (χ4v) is 3.35. The number of aliphatic imine (C=N–C) groups is 1. The van der Waals surface area contributed by atoms with E-state index in [-0.39, 0.29) is 11.7 Å². The lowest BCUT2D eigenvalue weighted by molar-refractivity contribution is -0.113. The predicted molar refractivity (Wildman–Crippen MR) is 117 cm³/mol. The summed E-state index contributed by atoms with van der Waals surface area (Å²) in [4.78, 5) is 20.8. The molecule has 4 rings (SSSR count). The second kappa shape index (κ2) is 8.65. The molecule has 2 aromatic carbocycles. The highest BCUT2D eigenvalue weighted by atomic mass is 16.5. The number of pyridine rings is 1. The van der Waals surface area contributed by atoms with Crippen LogP contribution >= 0.6 is 0 Å². The van der Waals surface area contributed by atoms with E-state index in [2.05, 4.69) is 16.0 Å². The van der Waals surface area contributed by atoms with Crippen molar-refractivity contribution in [1.29, 1.82) is 0 Å². The second-order valence-electron chi connectivity index (χ2n) is 7.02. The molecule has 0 bridgehead atoms. The van der Waals surface area contributed by atoms with Gasteiger partial charge < -0.3 is 4.74 Å². The van der Waals surface area contributed by atoms with E-state index in [0.717, 1.165) is 39.9 Å². The van der Waals surface area contributed by atoms with Crippen LogP contribution < -0.4 is 4.74 Å². The van der Waals surface area contributed by atoms with Crippen molar-refractivity contribution in [3.8, 4) is 5.75 Å². The van der Waals surface area contributed by atoms with Crippen molar-refractivity contribution in [2.24, 2.45) is 10.9 Å². The minimum absolute atomic E-state index is 0.0812. The third kappa shape index (κ3) is 4.66. The lowest BCUT2D eigenvalue weighted by Crippen LogP contribution is -2.10. The van der Waals surface area contributed by atoms with Gasteiger partial charge in [0, 0.05) is 29.3 Å². The summed E-state index contributed by atoms with van der Waals surface area (Å²) in [6.07, 6.45) is 8.27. The number of ketones is 1. The molecule has 3 aromatic rings. The van der Waals surface area contributed by atoms with E-state index >= 15 is 0 Å². The Labute approximate surface area is 170 Å². The number of hydrogen-bond donors (Lipinski definition) is 0. The van der Waals surface area contributed by atoms with E-state index in [1.165, 1.54) is 0 Å². The first kappa shape index (κ1) is 18.8. The molecule has 0 saturated heterocycles. The number of aromatic nitrogens is 1. The quantitative estimate of drug-likeness (QED) is 0.537. The summed E-state index contributed by atoms with van der Waals surface area (Å²) in [5, 5.41) is 1.12. The summed E-state index contributed by atoms with van der Waals surface area (Å²) in [6, 6.07) is 19.8. The molecule has 2 heterocycles. The lowest BCUT2D eigenvalue weighted by atomic mass is 9.90. The van der Waals surface area contributed by atoms with Crippen LogP contribution in [0.5, 0.6) is 5.75 Å². The number of rotatable bonds is 6. The smallest absolute Gasteiger partial charge is 0.156 e. The Balaban J connectivity index is 1.44. The van der Waals surface area contributed by atoms with Crippen LogP contribution in [-0.4, -0.2) is 17.0 Å². The molecule has 0 radical (unpaired) electrons. The van der Waals surface area contributed by atoms with E-state index < -0.39 is 0 Å². The van der Waals surface area contributed by atoms with Gasteiger partial charge in [-0.3, -0.25) is 9.79 Å². The second-order valence-corrected chi connectivity index (χ2v) is 7.02. The number of hydrogen-bond acceptors (Lipinski definition) is 4. The summed E-state index contributed by atoms with van der Waals surface area (Å²) in [5.41, 5.74) is 3.62. The van der Waals surface area contributed by atoms with Crippen molar-refractivity contribution < 1.29 is 9.53 Å². The number of para-hydroxylation sites is 1. The van der Waals surface area contributed by atoms with Crippen molar-refractivity contribution >= 4 is 29.0 Å². The van der Waals surface area contributed by atoms with Crippen LogP contribution in [0.3, 0.4) is 0 Å². The zero-order valence-corrected chi connectivity index (χ0v) is 16.3. The SMILES string of the molecule is CC(=O)/C(=C\c1ccc(OCc2ccc3ccccc3n2)cc1)C1C=CN=CC1. The zero-order chi connectivity index (χ0) is 20.1. The molecule has 0 saturated carbocycles. The number of fused-ring (bicyclic) bond motifs is 1. The van der Waals surface area contributed by atoms with Gasteiger partial charge in [-0.1, -0.05) is 42.5 Å². The maximum absolute atomic E-state index is 12.1. The molecule has 4 heteroatoms. The summed E-state index contributed by atoms with van der Waals surface area (Å²) in [5.74, 6) is 0.934. The zero-order valence-electron chi connectivity index (χ0n) is 16.3. The topological polar surface area (TPSA) is 51.5 Å². The molecule has 1 aromatic heterocycles. The molecule has 0 aliphatic carbocycles. The largest absolute Gasteiger partial charge is 0.487 e. The van der Waals surface area contributed by atoms with E-state index in [0.29, 0.717) is 6.61 Å². The summed E-state index contributed by atoms with van der Waals surface area (Å²) >= 11 is 0. The van der Waals surface area contributed by atoms with E-state index in [4.69, 9.17) is 4.74 Å². The van der Waals surface area contributed by atoms with Gasteiger partial charge in [-0.25, -0.2) is 4.98 Å². The van der Waals surface area contributed by atoms with Gasteiger partial charge >= 0.3 is 0 Å². The average molecular weight is 382 g/mol. The first-order valence-corrected chi connectivity index (χ1v) is 9.67. The summed E-state index contributed by atoms with van der Waals surface area (Å²) < 4.78 is 5.89. The van der Waals surface area contributed by atoms with Gasteiger partial charge in [0.05, 0.1) is 11.2 Å². The molecule has 1 aliphatic rings. The summed E-state index contributed by atoms with van der Waals surface area (Å²) in [7, 11) is 0. The highest BCUT2D eigenvalue weighted by Crippen LogP contribution is 2.24. The van der Waals surface area contributed by atoms with Gasteiger partial charge in [-0.2, -0.15) is 0 Å². The molecular weight excluding hydrogens is 360 g/mol. The van der Waals surface area contributed by atoms with E-state index in [9.17, 15) is 4.79 Å². The minimum Gasteiger partial charge on any atom is -0.487 e. The molecule has 0 fully saturated rings. The first-order chi connectivity index (χ1) is 14.2. The Morgan fingerprint density at radius 1 is 1.10 bits per heavy atom. The molecule has 1 atom stereocenters. The standard InChI is InChI=1S/C25H22N2O2/c1-18(28)24(20-12-14-26-15-13-20)16-19-6-10-23(11-7-19)29-17-22-9-8-21-4-2-3-5-25(21)27-22/h2-12,14-16,20H,13,17H2,1H3/b24-16+. The van der Waals surface area contributed by atoms with Crippen molar-refractivity contribution in [3.63, 3.8) is 0 Å². The van der Waals surface area contributed by atoms with Gasteiger partial charge in [0.25, 0.3) is 0 Å². The van der Waals surface area contributed by atoms with Crippen LogP contribution in [0.15, 0.2) is 83.5 Å². The molecule has 1 unspecified atom stereocenters. The average Bonchev–Trinajstić information content (AvgIpc) is 2.77. The van der Waals surface area contributed by atoms with Crippen molar-refractivity contribution in [1.82, 2.24) is 4.98 Å². The molecule has 4 nitrogen and oxygen atoms in total. The lowest BCUT2D eigenvalue weighted by Gasteiger charge is -2.15. The van der Waals surface area contributed by atoms with Crippen LogP contribution in [0.25, 0.3) is 17.0 Å². The van der Waals surface area contributed by atoms with Crippen LogP contribution in [0.1, 0.15) is 24.6 Å². The molecule has 1 aliphatic heterocycles. The number of ether oxygens (including phenoxy) is 1. The maximum Gasteiger partial charge on any atom is 0.156 e. The Morgan fingerprint density at radius 3 is 2.69 bits per heavy atom. The predicted octanol–water partition coefficient (Wildman–Crippen LogP) is 5.39. The summed E-state index contributed by atoms with van der Waals surface area (Å²) in [6.45, 7) is 2.02. The highest BCUT2D eigenvalue weighted by molar-refractivity contribution is 5.99.